The van der Waals surface area contributed by atoms with Crippen molar-refractivity contribution in [1.29, 1.82) is 0 Å². The summed E-state index contributed by atoms with van der Waals surface area (Å²) < 4.78 is 53.7. The largest absolute Gasteiger partial charge is 0.416 e. The average Bonchev–Trinajstić information content (AvgIpc) is 2.83. The van der Waals surface area contributed by atoms with E-state index in [2.05, 4.69) is 17.0 Å². The lowest BCUT2D eigenvalue weighted by atomic mass is 9.91. The first-order valence-electron chi connectivity index (χ1n) is 8.79. The molecule has 0 aromatic heterocycles. The summed E-state index contributed by atoms with van der Waals surface area (Å²) in [5.41, 5.74) is 1.06. The highest BCUT2D eigenvalue weighted by Gasteiger charge is 2.39. The molecule has 0 amide bonds. The minimum Gasteiger partial charge on any atom is -0.289 e. The van der Waals surface area contributed by atoms with Crippen LogP contribution >= 0.6 is 0 Å². The van der Waals surface area contributed by atoms with Gasteiger partial charge in [-0.05, 0) is 54.2 Å². The molecule has 2 heterocycles. The third kappa shape index (κ3) is 3.28. The van der Waals surface area contributed by atoms with Crippen molar-refractivity contribution in [3.63, 3.8) is 0 Å². The van der Waals surface area contributed by atoms with Crippen molar-refractivity contribution in [3.05, 3.63) is 77.1 Å². The average molecular weight is 361 g/mol. The van der Waals surface area contributed by atoms with Crippen LogP contribution in [-0.2, 0) is 12.7 Å². The van der Waals surface area contributed by atoms with Gasteiger partial charge in [0.05, 0.1) is 5.56 Å². The van der Waals surface area contributed by atoms with Crippen LogP contribution in [0.15, 0.2) is 54.6 Å². The predicted molar refractivity (Wildman–Crippen MR) is 92.8 cm³/mol. The lowest BCUT2D eigenvalue weighted by molar-refractivity contribution is -0.137. The van der Waals surface area contributed by atoms with Gasteiger partial charge < -0.3 is 0 Å². The molecule has 0 N–H and O–H groups in total. The Labute approximate surface area is 149 Å². The summed E-state index contributed by atoms with van der Waals surface area (Å²) >= 11 is 0. The smallest absolute Gasteiger partial charge is 0.289 e. The Morgan fingerprint density at radius 2 is 1.77 bits per heavy atom. The first-order valence-corrected chi connectivity index (χ1v) is 8.79. The molecule has 26 heavy (non-hydrogen) atoms. The van der Waals surface area contributed by atoms with E-state index in [9.17, 15) is 17.6 Å². The Morgan fingerprint density at radius 1 is 1.00 bits per heavy atom. The van der Waals surface area contributed by atoms with Crippen LogP contribution < -0.4 is 0 Å². The summed E-state index contributed by atoms with van der Waals surface area (Å²) in [4.78, 5) is 2.35. The predicted octanol–water partition coefficient (Wildman–Crippen LogP) is 5.66. The van der Waals surface area contributed by atoms with Crippen molar-refractivity contribution >= 4 is 5.57 Å². The van der Waals surface area contributed by atoms with Crippen LogP contribution in [0.5, 0.6) is 0 Å². The summed E-state index contributed by atoms with van der Waals surface area (Å²) in [6, 6.07) is 13.1. The quantitative estimate of drug-likeness (QED) is 0.637. The Balaban J connectivity index is 1.65. The summed E-state index contributed by atoms with van der Waals surface area (Å²) in [5, 5.41) is 0. The second kappa shape index (κ2) is 6.54. The van der Waals surface area contributed by atoms with Crippen LogP contribution in [0, 0.1) is 5.82 Å². The molecule has 0 aliphatic carbocycles. The van der Waals surface area contributed by atoms with E-state index in [0.717, 1.165) is 37.6 Å². The second-order valence-electron chi connectivity index (χ2n) is 7.04. The second-order valence-corrected chi connectivity index (χ2v) is 7.04. The van der Waals surface area contributed by atoms with E-state index in [1.165, 1.54) is 5.56 Å². The first-order chi connectivity index (χ1) is 12.4. The molecule has 0 saturated carbocycles. The lowest BCUT2D eigenvalue weighted by Gasteiger charge is -2.34. The van der Waals surface area contributed by atoms with Crippen molar-refractivity contribution in [3.8, 4) is 0 Å². The van der Waals surface area contributed by atoms with Crippen molar-refractivity contribution in [2.75, 3.05) is 0 Å². The molecule has 2 unspecified atom stereocenters. The van der Waals surface area contributed by atoms with Crippen LogP contribution in [-0.4, -0.2) is 17.0 Å². The van der Waals surface area contributed by atoms with Gasteiger partial charge in [-0.3, -0.25) is 4.90 Å². The number of fused-ring (bicyclic) bond motifs is 2. The molecule has 2 aromatic carbocycles. The zero-order valence-corrected chi connectivity index (χ0v) is 14.1. The third-order valence-corrected chi connectivity index (χ3v) is 5.38. The number of benzene rings is 2. The maximum Gasteiger partial charge on any atom is 0.416 e. The van der Waals surface area contributed by atoms with E-state index in [-0.39, 0.29) is 17.6 Å². The monoisotopic (exact) mass is 361 g/mol. The molecule has 2 aliphatic rings. The van der Waals surface area contributed by atoms with Gasteiger partial charge in [0.1, 0.15) is 5.82 Å². The van der Waals surface area contributed by atoms with Crippen LogP contribution in [0.3, 0.4) is 0 Å². The van der Waals surface area contributed by atoms with Gasteiger partial charge in [-0.15, -0.1) is 0 Å². The molecule has 2 aromatic rings. The van der Waals surface area contributed by atoms with Crippen molar-refractivity contribution < 1.29 is 17.6 Å². The van der Waals surface area contributed by atoms with Gasteiger partial charge in [0.15, 0.2) is 0 Å². The summed E-state index contributed by atoms with van der Waals surface area (Å²) in [5.74, 6) is -0.632. The third-order valence-electron chi connectivity index (χ3n) is 5.38. The molecule has 0 spiro atoms. The van der Waals surface area contributed by atoms with Gasteiger partial charge in [-0.25, -0.2) is 4.39 Å². The van der Waals surface area contributed by atoms with Crippen LogP contribution in [0.25, 0.3) is 5.57 Å². The van der Waals surface area contributed by atoms with Crippen molar-refractivity contribution in [1.82, 2.24) is 4.90 Å². The molecular formula is C21H19F4N. The van der Waals surface area contributed by atoms with E-state index in [1.54, 1.807) is 0 Å². The molecule has 1 saturated heterocycles. The first kappa shape index (κ1) is 17.3. The van der Waals surface area contributed by atoms with Crippen molar-refractivity contribution in [2.24, 2.45) is 0 Å². The fraction of sp³-hybridized carbons (Fsp3) is 0.333. The van der Waals surface area contributed by atoms with E-state index in [4.69, 9.17) is 0 Å². The molecular weight excluding hydrogens is 342 g/mol. The van der Waals surface area contributed by atoms with Crippen molar-refractivity contribution in [2.45, 2.75) is 44.1 Å². The normalized spacial score (nSPS) is 23.2. The topological polar surface area (TPSA) is 3.24 Å². The molecule has 1 nitrogen and oxygen atoms in total. The zero-order valence-electron chi connectivity index (χ0n) is 14.1. The number of rotatable bonds is 3. The number of halogens is 4. The highest BCUT2D eigenvalue weighted by Crippen LogP contribution is 2.43. The standard InChI is InChI=1S/C21H19F4N/c22-16-6-9-20(21(23,24)25)19(12-16)15-10-17-7-8-18(11-15)26(17)13-14-4-2-1-3-5-14/h1-6,9-10,12,17-18H,7-8,11,13H2. The minimum atomic E-state index is -4.48. The Morgan fingerprint density at radius 3 is 2.46 bits per heavy atom. The Hall–Kier alpha value is -2.14. The molecule has 0 radical (unpaired) electrons. The molecule has 2 atom stereocenters. The number of nitrogens with zero attached hydrogens (tertiary/aromatic N) is 1. The van der Waals surface area contributed by atoms with Crippen LogP contribution in [0.1, 0.15) is 36.0 Å². The van der Waals surface area contributed by atoms with E-state index in [0.29, 0.717) is 12.0 Å². The fourth-order valence-corrected chi connectivity index (χ4v) is 4.19. The zero-order chi connectivity index (χ0) is 18.3. The molecule has 4 rings (SSSR count). The Kier molecular flexibility index (Phi) is 4.35. The number of hydrogen-bond donors (Lipinski definition) is 0. The summed E-state index contributed by atoms with van der Waals surface area (Å²) in [6.07, 6.45) is -0.164. The van der Waals surface area contributed by atoms with E-state index >= 15 is 0 Å². The highest BCUT2D eigenvalue weighted by molar-refractivity contribution is 5.71. The maximum atomic E-state index is 13.7. The lowest BCUT2D eigenvalue weighted by Crippen LogP contribution is -2.37. The van der Waals surface area contributed by atoms with E-state index < -0.39 is 17.6 Å². The van der Waals surface area contributed by atoms with Crippen LogP contribution in [0.4, 0.5) is 17.6 Å². The molecule has 136 valence electrons. The molecule has 2 aliphatic heterocycles. The Bertz CT molecular complexity index is 826. The molecule has 2 bridgehead atoms. The van der Waals surface area contributed by atoms with Gasteiger partial charge in [0.2, 0.25) is 0 Å². The summed E-state index contributed by atoms with van der Waals surface area (Å²) in [7, 11) is 0. The molecule has 5 heteroatoms. The number of hydrogen-bond acceptors (Lipinski definition) is 1. The summed E-state index contributed by atoms with van der Waals surface area (Å²) in [6.45, 7) is 0.787. The fourth-order valence-electron chi connectivity index (χ4n) is 4.19. The van der Waals surface area contributed by atoms with Crippen LogP contribution in [0.2, 0.25) is 0 Å². The van der Waals surface area contributed by atoms with Gasteiger partial charge in [-0.1, -0.05) is 36.4 Å². The minimum absolute atomic E-state index is 0.00578. The van der Waals surface area contributed by atoms with Gasteiger partial charge in [0, 0.05) is 18.6 Å². The van der Waals surface area contributed by atoms with Gasteiger partial charge >= 0.3 is 6.18 Å². The van der Waals surface area contributed by atoms with E-state index in [1.807, 2.05) is 24.3 Å². The highest BCUT2D eigenvalue weighted by atomic mass is 19.4. The SMILES string of the molecule is Fc1ccc(C(F)(F)F)c(C2=CC3CCC(C2)N3Cc2ccccc2)c1. The van der Waals surface area contributed by atoms with Gasteiger partial charge in [0.25, 0.3) is 0 Å². The maximum absolute atomic E-state index is 13.7. The number of alkyl halides is 3. The van der Waals surface area contributed by atoms with Gasteiger partial charge in [-0.2, -0.15) is 13.2 Å². The molecule has 1 fully saturated rings.